The van der Waals surface area contributed by atoms with Crippen LogP contribution in [0.25, 0.3) is 22.2 Å². The van der Waals surface area contributed by atoms with Crippen LogP contribution in [-0.4, -0.2) is 28.6 Å². The average molecular weight is 323 g/mol. The number of nitrogens with zero attached hydrogens (tertiary/aromatic N) is 2. The number of fused-ring (bicyclic) bond motifs is 2. The molecule has 2 aromatic rings. The fourth-order valence-corrected chi connectivity index (χ4v) is 2.28. The van der Waals surface area contributed by atoms with E-state index in [0.29, 0.717) is 17.5 Å². The lowest BCUT2D eigenvalue weighted by atomic mass is 10.3. The third kappa shape index (κ3) is 3.12. The zero-order chi connectivity index (χ0) is 17.1. The Morgan fingerprint density at radius 3 is 2.38 bits per heavy atom. The Bertz CT molecular complexity index is 898. The van der Waals surface area contributed by atoms with E-state index in [1.165, 1.54) is 22.7 Å². The number of benzene rings is 2. The number of nitrogens with one attached hydrogen (secondary N) is 1. The van der Waals surface area contributed by atoms with E-state index in [-0.39, 0.29) is 11.9 Å². The Hall–Kier alpha value is -3.15. The lowest BCUT2D eigenvalue weighted by Crippen LogP contribution is -2.24. The molecule has 0 saturated carbocycles. The number of aromatic nitrogens is 2. The molecule has 2 aliphatic rings. The van der Waals surface area contributed by atoms with Gasteiger partial charge in [0.2, 0.25) is 5.91 Å². The smallest absolute Gasteiger partial charge is 0.375 e. The first kappa shape index (κ1) is 15.7. The summed E-state index contributed by atoms with van der Waals surface area (Å²) >= 11 is 0. The SMILES string of the molecule is CCC(=O)n1c(OC(=O)NC)nc2ccccc21.c1cc2cc-2c1. The van der Waals surface area contributed by atoms with Crippen molar-refractivity contribution in [3.8, 4) is 17.1 Å². The van der Waals surface area contributed by atoms with Gasteiger partial charge in [0.15, 0.2) is 0 Å². The minimum Gasteiger partial charge on any atom is -0.375 e. The second-order valence-corrected chi connectivity index (χ2v) is 5.19. The molecule has 1 heterocycles. The highest BCUT2D eigenvalue weighted by Crippen LogP contribution is 2.32. The van der Waals surface area contributed by atoms with Gasteiger partial charge in [-0.2, -0.15) is 4.98 Å². The van der Waals surface area contributed by atoms with Crippen LogP contribution in [0.2, 0.25) is 0 Å². The molecule has 1 aromatic carbocycles. The molecule has 0 radical (unpaired) electrons. The normalized spacial score (nSPS) is 10.6. The van der Waals surface area contributed by atoms with E-state index in [1.807, 2.05) is 0 Å². The molecule has 0 spiro atoms. The molecular weight excluding hydrogens is 306 g/mol. The molecule has 0 fully saturated rings. The summed E-state index contributed by atoms with van der Waals surface area (Å²) in [5.41, 5.74) is 4.09. The molecule has 2 aliphatic carbocycles. The maximum Gasteiger partial charge on any atom is 0.414 e. The number of carbonyl (C=O) groups excluding carboxylic acids is 2. The number of imidazole rings is 1. The molecule has 0 bridgehead atoms. The van der Waals surface area contributed by atoms with Gasteiger partial charge in [-0.25, -0.2) is 9.36 Å². The maximum atomic E-state index is 11.9. The Labute approximate surface area is 139 Å². The van der Waals surface area contributed by atoms with Gasteiger partial charge in [-0.3, -0.25) is 4.79 Å². The van der Waals surface area contributed by atoms with Crippen LogP contribution >= 0.6 is 0 Å². The summed E-state index contributed by atoms with van der Waals surface area (Å²) in [6, 6.07) is 15.6. The summed E-state index contributed by atoms with van der Waals surface area (Å²) in [6.45, 7) is 1.74. The first-order valence-electron chi connectivity index (χ1n) is 7.64. The number of hydrogen-bond acceptors (Lipinski definition) is 4. The van der Waals surface area contributed by atoms with Crippen molar-refractivity contribution in [3.63, 3.8) is 0 Å². The van der Waals surface area contributed by atoms with E-state index < -0.39 is 6.09 Å². The van der Waals surface area contributed by atoms with E-state index in [2.05, 4.69) is 34.6 Å². The lowest BCUT2D eigenvalue weighted by molar-refractivity contribution is 0.0904. The molecule has 24 heavy (non-hydrogen) atoms. The first-order valence-corrected chi connectivity index (χ1v) is 7.64. The number of para-hydroxylation sites is 2. The van der Waals surface area contributed by atoms with Crippen molar-refractivity contribution in [3.05, 3.63) is 48.5 Å². The van der Waals surface area contributed by atoms with Crippen LogP contribution in [0.4, 0.5) is 4.79 Å². The summed E-state index contributed by atoms with van der Waals surface area (Å²) < 4.78 is 6.29. The third-order valence-electron chi connectivity index (χ3n) is 3.58. The highest BCUT2D eigenvalue weighted by atomic mass is 16.6. The van der Waals surface area contributed by atoms with Gasteiger partial charge in [0.1, 0.15) is 0 Å². The summed E-state index contributed by atoms with van der Waals surface area (Å²) in [5, 5.41) is 2.32. The molecule has 0 aliphatic heterocycles. The molecule has 6 heteroatoms. The second-order valence-electron chi connectivity index (χ2n) is 5.19. The zero-order valence-corrected chi connectivity index (χ0v) is 13.4. The third-order valence-corrected chi connectivity index (χ3v) is 3.58. The molecule has 0 unspecified atom stereocenters. The largest absolute Gasteiger partial charge is 0.414 e. The lowest BCUT2D eigenvalue weighted by Gasteiger charge is -2.05. The van der Waals surface area contributed by atoms with Crippen LogP contribution in [0.15, 0.2) is 48.5 Å². The Kier molecular flexibility index (Phi) is 4.29. The predicted octanol–water partition coefficient (Wildman–Crippen LogP) is 3.47. The van der Waals surface area contributed by atoms with Gasteiger partial charge in [0.25, 0.3) is 0 Å². The first-order chi connectivity index (χ1) is 11.6. The molecule has 6 nitrogen and oxygen atoms in total. The quantitative estimate of drug-likeness (QED) is 0.613. The number of rotatable bonds is 2. The molecule has 1 N–H and O–H groups in total. The summed E-state index contributed by atoms with van der Waals surface area (Å²) in [4.78, 5) is 27.2. The van der Waals surface area contributed by atoms with Gasteiger partial charge in [0, 0.05) is 13.5 Å². The van der Waals surface area contributed by atoms with Gasteiger partial charge in [-0.05, 0) is 29.3 Å². The van der Waals surface area contributed by atoms with E-state index in [1.54, 1.807) is 31.2 Å². The van der Waals surface area contributed by atoms with E-state index in [9.17, 15) is 9.59 Å². The molecule has 4 rings (SSSR count). The van der Waals surface area contributed by atoms with Crippen molar-refractivity contribution in [2.45, 2.75) is 13.3 Å². The molecule has 1 aromatic heterocycles. The van der Waals surface area contributed by atoms with Gasteiger partial charge < -0.3 is 10.1 Å². The van der Waals surface area contributed by atoms with Gasteiger partial charge in [-0.1, -0.05) is 37.3 Å². The highest BCUT2D eigenvalue weighted by Gasteiger charge is 2.18. The van der Waals surface area contributed by atoms with Crippen molar-refractivity contribution >= 4 is 23.0 Å². The molecule has 1 amide bonds. The van der Waals surface area contributed by atoms with Gasteiger partial charge in [-0.15, -0.1) is 0 Å². The van der Waals surface area contributed by atoms with Crippen LogP contribution in [0.3, 0.4) is 0 Å². The van der Waals surface area contributed by atoms with Gasteiger partial charge in [0.05, 0.1) is 11.0 Å². The minimum absolute atomic E-state index is 0.0117. The predicted molar refractivity (Wildman–Crippen MR) is 91.2 cm³/mol. The minimum atomic E-state index is -0.657. The van der Waals surface area contributed by atoms with Crippen molar-refractivity contribution in [2.75, 3.05) is 7.05 Å². The Balaban J connectivity index is 0.000000231. The number of amides is 1. The standard InChI is InChI=1S/C12H13N3O3.C6H4/c1-3-10(16)15-9-7-5-4-6-8(9)14-11(15)18-12(17)13-2;1-2-5-4-6(5)3-1/h4-7H,3H2,1-2H3,(H,13,17);1-4H. The van der Waals surface area contributed by atoms with Crippen LogP contribution in [0.1, 0.15) is 18.1 Å². The molecule has 0 atom stereocenters. The average Bonchev–Trinajstić information content (AvgIpc) is 3.04. The second kappa shape index (κ2) is 6.54. The number of ether oxygens (including phenoxy) is 1. The zero-order valence-electron chi connectivity index (χ0n) is 13.4. The monoisotopic (exact) mass is 323 g/mol. The van der Waals surface area contributed by atoms with Crippen LogP contribution < -0.4 is 10.1 Å². The fourth-order valence-electron chi connectivity index (χ4n) is 2.28. The number of carbonyl (C=O) groups is 2. The molecular formula is C18H17N3O3. The van der Waals surface area contributed by atoms with Crippen LogP contribution in [-0.2, 0) is 0 Å². The van der Waals surface area contributed by atoms with Crippen LogP contribution in [0.5, 0.6) is 6.01 Å². The van der Waals surface area contributed by atoms with Gasteiger partial charge >= 0.3 is 12.1 Å². The van der Waals surface area contributed by atoms with Crippen LogP contribution in [0, 0.1) is 0 Å². The molecule has 122 valence electrons. The topological polar surface area (TPSA) is 73.2 Å². The molecule has 0 saturated heterocycles. The van der Waals surface area contributed by atoms with Crippen molar-refractivity contribution < 1.29 is 14.3 Å². The van der Waals surface area contributed by atoms with Crippen molar-refractivity contribution in [1.82, 2.24) is 14.9 Å². The summed E-state index contributed by atoms with van der Waals surface area (Å²) in [6.07, 6.45) is -0.361. The fraction of sp³-hybridized carbons (Fsp3) is 0.167. The van der Waals surface area contributed by atoms with E-state index in [4.69, 9.17) is 4.74 Å². The number of hydrogen-bond donors (Lipinski definition) is 1. The highest BCUT2D eigenvalue weighted by molar-refractivity contribution is 5.92. The maximum absolute atomic E-state index is 11.9. The van der Waals surface area contributed by atoms with Crippen molar-refractivity contribution in [2.24, 2.45) is 0 Å². The van der Waals surface area contributed by atoms with Crippen molar-refractivity contribution in [1.29, 1.82) is 0 Å². The van der Waals surface area contributed by atoms with E-state index in [0.717, 1.165) is 0 Å². The Morgan fingerprint density at radius 1 is 1.12 bits per heavy atom. The Morgan fingerprint density at radius 2 is 1.83 bits per heavy atom. The van der Waals surface area contributed by atoms with E-state index >= 15 is 0 Å². The summed E-state index contributed by atoms with van der Waals surface area (Å²) in [5.74, 6) is -0.178. The summed E-state index contributed by atoms with van der Waals surface area (Å²) in [7, 11) is 1.44.